The van der Waals surface area contributed by atoms with Crippen LogP contribution in [-0.2, 0) is 6.54 Å². The highest BCUT2D eigenvalue weighted by molar-refractivity contribution is 6.31. The van der Waals surface area contributed by atoms with E-state index < -0.39 is 0 Å². The lowest BCUT2D eigenvalue weighted by Crippen LogP contribution is -2.22. The summed E-state index contributed by atoms with van der Waals surface area (Å²) in [5.74, 6) is -0.463. The zero-order valence-electron chi connectivity index (χ0n) is 12.8. The topological polar surface area (TPSA) is 51.1 Å². The molecule has 3 rings (SSSR count). The van der Waals surface area contributed by atoms with Crippen molar-refractivity contribution in [2.75, 3.05) is 0 Å². The average molecular weight is 361 g/mol. The van der Waals surface area contributed by atoms with E-state index in [1.54, 1.807) is 24.3 Å². The molecule has 24 heavy (non-hydrogen) atoms. The van der Waals surface area contributed by atoms with Crippen LogP contribution in [0.25, 0.3) is 10.9 Å². The van der Waals surface area contributed by atoms with E-state index in [2.05, 4.69) is 5.32 Å². The Morgan fingerprint density at radius 2 is 1.88 bits per heavy atom. The summed E-state index contributed by atoms with van der Waals surface area (Å²) < 4.78 is 1.42. The fourth-order valence-electron chi connectivity index (χ4n) is 2.55. The molecule has 1 amide bonds. The van der Waals surface area contributed by atoms with Gasteiger partial charge in [0.25, 0.3) is 5.91 Å². The molecule has 0 aliphatic rings. The Morgan fingerprint density at radius 3 is 2.58 bits per heavy atom. The molecule has 2 aromatic carbocycles. The molecule has 0 unspecified atom stereocenters. The van der Waals surface area contributed by atoms with Crippen molar-refractivity contribution in [2.45, 2.75) is 13.5 Å². The second-order valence-electron chi connectivity index (χ2n) is 5.37. The number of benzene rings is 2. The Labute approximate surface area is 149 Å². The summed E-state index contributed by atoms with van der Waals surface area (Å²) in [6.45, 7) is 1.74. The third kappa shape index (κ3) is 3.16. The minimum Gasteiger partial charge on any atom is -0.348 e. The monoisotopic (exact) mass is 360 g/mol. The molecule has 3 aromatic rings. The van der Waals surface area contributed by atoms with E-state index in [0.717, 1.165) is 5.56 Å². The molecule has 1 N–H and O–H groups in total. The van der Waals surface area contributed by atoms with Crippen LogP contribution in [0.1, 0.15) is 27.6 Å². The van der Waals surface area contributed by atoms with E-state index in [4.69, 9.17) is 23.2 Å². The lowest BCUT2D eigenvalue weighted by Gasteiger charge is -2.06. The zero-order valence-corrected chi connectivity index (χ0v) is 14.4. The Balaban J connectivity index is 1.93. The van der Waals surface area contributed by atoms with Gasteiger partial charge in [0, 0.05) is 35.1 Å². The zero-order chi connectivity index (χ0) is 17.3. The van der Waals surface area contributed by atoms with Gasteiger partial charge in [-0.1, -0.05) is 47.5 Å². The van der Waals surface area contributed by atoms with E-state index in [0.29, 0.717) is 33.1 Å². The summed E-state index contributed by atoms with van der Waals surface area (Å²) in [7, 11) is 0. The first-order valence-electron chi connectivity index (χ1n) is 7.30. The molecule has 6 heteroatoms. The van der Waals surface area contributed by atoms with Gasteiger partial charge in [-0.25, -0.2) is 0 Å². The SMILES string of the molecule is CC(=O)n1cc(C(=O)NCc2ccccc2Cl)c2ccc(Cl)cc21. The summed E-state index contributed by atoms with van der Waals surface area (Å²) in [5, 5.41) is 4.61. The third-order valence-electron chi connectivity index (χ3n) is 3.75. The number of amides is 1. The number of carbonyl (C=O) groups excluding carboxylic acids is 2. The fourth-order valence-corrected chi connectivity index (χ4v) is 2.92. The van der Waals surface area contributed by atoms with Crippen molar-refractivity contribution in [1.29, 1.82) is 0 Å². The highest BCUT2D eigenvalue weighted by atomic mass is 35.5. The summed E-state index contributed by atoms with van der Waals surface area (Å²) in [5.41, 5.74) is 1.85. The lowest BCUT2D eigenvalue weighted by atomic mass is 10.1. The van der Waals surface area contributed by atoms with E-state index >= 15 is 0 Å². The maximum atomic E-state index is 12.6. The summed E-state index contributed by atoms with van der Waals surface area (Å²) in [6.07, 6.45) is 1.53. The summed E-state index contributed by atoms with van der Waals surface area (Å²) in [6, 6.07) is 12.4. The first kappa shape index (κ1) is 16.6. The van der Waals surface area contributed by atoms with Crippen molar-refractivity contribution < 1.29 is 9.59 Å². The highest BCUT2D eigenvalue weighted by Crippen LogP contribution is 2.25. The molecule has 122 valence electrons. The van der Waals surface area contributed by atoms with Gasteiger partial charge >= 0.3 is 0 Å². The Kier molecular flexibility index (Phi) is 4.60. The maximum absolute atomic E-state index is 12.6. The quantitative estimate of drug-likeness (QED) is 0.745. The van der Waals surface area contributed by atoms with Crippen molar-refractivity contribution in [1.82, 2.24) is 9.88 Å². The molecule has 0 aliphatic carbocycles. The van der Waals surface area contributed by atoms with Gasteiger partial charge < -0.3 is 5.32 Å². The minimum atomic E-state index is -0.276. The summed E-state index contributed by atoms with van der Waals surface area (Å²) in [4.78, 5) is 24.4. The van der Waals surface area contributed by atoms with E-state index in [1.165, 1.54) is 17.7 Å². The molecule has 0 saturated carbocycles. The molecule has 0 bridgehead atoms. The van der Waals surface area contributed by atoms with Gasteiger partial charge in [-0.15, -0.1) is 0 Å². The predicted octanol–water partition coefficient (Wildman–Crippen LogP) is 4.54. The maximum Gasteiger partial charge on any atom is 0.253 e. The smallest absolute Gasteiger partial charge is 0.253 e. The van der Waals surface area contributed by atoms with E-state index in [9.17, 15) is 9.59 Å². The average Bonchev–Trinajstić information content (AvgIpc) is 2.92. The number of hydrogen-bond acceptors (Lipinski definition) is 2. The van der Waals surface area contributed by atoms with Crippen LogP contribution in [0.4, 0.5) is 0 Å². The number of carbonyl (C=O) groups is 2. The molecule has 0 saturated heterocycles. The largest absolute Gasteiger partial charge is 0.348 e. The van der Waals surface area contributed by atoms with Crippen molar-refractivity contribution in [3.8, 4) is 0 Å². The van der Waals surface area contributed by atoms with Crippen molar-refractivity contribution >= 4 is 45.9 Å². The van der Waals surface area contributed by atoms with Crippen LogP contribution in [0.2, 0.25) is 10.0 Å². The first-order chi connectivity index (χ1) is 11.5. The standard InChI is InChI=1S/C18H14Cl2N2O2/c1-11(23)22-10-15(14-7-6-13(19)8-17(14)22)18(24)21-9-12-4-2-3-5-16(12)20/h2-8,10H,9H2,1H3,(H,21,24). The molecule has 1 aromatic heterocycles. The number of halogens is 2. The van der Waals surface area contributed by atoms with Crippen LogP contribution in [0.5, 0.6) is 0 Å². The van der Waals surface area contributed by atoms with Crippen molar-refractivity contribution in [2.24, 2.45) is 0 Å². The van der Waals surface area contributed by atoms with Crippen LogP contribution in [0.3, 0.4) is 0 Å². The summed E-state index contributed by atoms with van der Waals surface area (Å²) >= 11 is 12.1. The van der Waals surface area contributed by atoms with Crippen LogP contribution in [0.15, 0.2) is 48.7 Å². The number of rotatable bonds is 3. The van der Waals surface area contributed by atoms with E-state index in [1.807, 2.05) is 18.2 Å². The fraction of sp³-hybridized carbons (Fsp3) is 0.111. The van der Waals surface area contributed by atoms with Gasteiger partial charge in [-0.05, 0) is 23.8 Å². The van der Waals surface area contributed by atoms with Crippen LogP contribution in [0, 0.1) is 0 Å². The van der Waals surface area contributed by atoms with Gasteiger partial charge in [0.15, 0.2) is 0 Å². The van der Waals surface area contributed by atoms with Crippen LogP contribution < -0.4 is 5.32 Å². The molecule has 1 heterocycles. The molecule has 0 spiro atoms. The van der Waals surface area contributed by atoms with Crippen molar-refractivity contribution in [3.63, 3.8) is 0 Å². The first-order valence-corrected chi connectivity index (χ1v) is 8.06. The lowest BCUT2D eigenvalue weighted by molar-refractivity contribution is 0.0941. The highest BCUT2D eigenvalue weighted by Gasteiger charge is 2.17. The Hall–Kier alpha value is -2.30. The molecular formula is C18H14Cl2N2O2. The van der Waals surface area contributed by atoms with Gasteiger partial charge in [-0.2, -0.15) is 0 Å². The van der Waals surface area contributed by atoms with Gasteiger partial charge in [-0.3, -0.25) is 14.2 Å². The molecular weight excluding hydrogens is 347 g/mol. The van der Waals surface area contributed by atoms with Gasteiger partial charge in [0.2, 0.25) is 5.91 Å². The molecule has 0 fully saturated rings. The molecule has 0 atom stereocenters. The second kappa shape index (κ2) is 6.67. The third-order valence-corrected chi connectivity index (χ3v) is 4.35. The minimum absolute atomic E-state index is 0.188. The van der Waals surface area contributed by atoms with E-state index in [-0.39, 0.29) is 11.8 Å². The van der Waals surface area contributed by atoms with Crippen LogP contribution >= 0.6 is 23.2 Å². The van der Waals surface area contributed by atoms with Gasteiger partial charge in [0.05, 0.1) is 11.1 Å². The molecule has 0 radical (unpaired) electrons. The normalized spacial score (nSPS) is 10.8. The Morgan fingerprint density at radius 1 is 1.12 bits per heavy atom. The second-order valence-corrected chi connectivity index (χ2v) is 6.21. The number of hydrogen-bond donors (Lipinski definition) is 1. The van der Waals surface area contributed by atoms with Crippen LogP contribution in [-0.4, -0.2) is 16.4 Å². The number of aromatic nitrogens is 1. The number of nitrogens with zero attached hydrogens (tertiary/aromatic N) is 1. The van der Waals surface area contributed by atoms with Gasteiger partial charge in [0.1, 0.15) is 0 Å². The van der Waals surface area contributed by atoms with Crippen molar-refractivity contribution in [3.05, 3.63) is 69.8 Å². The Bertz CT molecular complexity index is 947. The predicted molar refractivity (Wildman–Crippen MR) is 95.9 cm³/mol. The molecule has 4 nitrogen and oxygen atoms in total. The molecule has 0 aliphatic heterocycles. The number of fused-ring (bicyclic) bond motifs is 1. The number of nitrogens with one attached hydrogen (secondary N) is 1.